The monoisotopic (exact) mass is 212 g/mol. The predicted octanol–water partition coefficient (Wildman–Crippen LogP) is 4.02. The molecule has 0 radical (unpaired) electrons. The van der Waals surface area contributed by atoms with Crippen molar-refractivity contribution in [1.29, 1.82) is 0 Å². The van der Waals surface area contributed by atoms with Gasteiger partial charge in [0, 0.05) is 5.39 Å². The molecule has 0 heterocycles. The average Bonchev–Trinajstić information content (AvgIpc) is 3.08. The van der Waals surface area contributed by atoms with E-state index in [0.29, 0.717) is 6.10 Å². The lowest BCUT2D eigenvalue weighted by molar-refractivity contribution is 0.286. The van der Waals surface area contributed by atoms with Gasteiger partial charge in [-0.05, 0) is 30.2 Å². The molecular formula is C15H16O. The van der Waals surface area contributed by atoms with E-state index in [-0.39, 0.29) is 0 Å². The smallest absolute Gasteiger partial charge is 0.127 e. The Morgan fingerprint density at radius 3 is 2.75 bits per heavy atom. The number of benzene rings is 2. The van der Waals surface area contributed by atoms with E-state index >= 15 is 0 Å². The van der Waals surface area contributed by atoms with Crippen LogP contribution in [0.4, 0.5) is 0 Å². The second-order valence-corrected chi connectivity index (χ2v) is 4.54. The van der Waals surface area contributed by atoms with Crippen LogP contribution in [0.2, 0.25) is 0 Å². The van der Waals surface area contributed by atoms with Crippen LogP contribution in [0.15, 0.2) is 42.5 Å². The highest BCUT2D eigenvalue weighted by Gasteiger charge is 2.37. The Kier molecular flexibility index (Phi) is 2.32. The lowest BCUT2D eigenvalue weighted by Crippen LogP contribution is -2.00. The molecule has 0 N–H and O–H groups in total. The zero-order valence-corrected chi connectivity index (χ0v) is 9.52. The molecule has 0 saturated heterocycles. The molecule has 1 nitrogen and oxygen atoms in total. The van der Waals surface area contributed by atoms with Gasteiger partial charge in [-0.1, -0.05) is 43.3 Å². The van der Waals surface area contributed by atoms with Crippen LogP contribution >= 0.6 is 0 Å². The van der Waals surface area contributed by atoms with E-state index in [1.807, 2.05) is 0 Å². The Bertz CT molecular complexity index is 498. The molecule has 2 aromatic rings. The number of fused-ring (bicyclic) bond motifs is 1. The van der Waals surface area contributed by atoms with Crippen molar-refractivity contribution in [3.63, 3.8) is 0 Å². The molecule has 16 heavy (non-hydrogen) atoms. The van der Waals surface area contributed by atoms with Crippen LogP contribution in [0.5, 0.6) is 5.75 Å². The third kappa shape index (κ3) is 1.67. The molecule has 1 aliphatic rings. The van der Waals surface area contributed by atoms with Crippen molar-refractivity contribution in [2.24, 2.45) is 5.92 Å². The Morgan fingerprint density at radius 1 is 1.12 bits per heavy atom. The van der Waals surface area contributed by atoms with E-state index < -0.39 is 0 Å². The van der Waals surface area contributed by atoms with E-state index in [2.05, 4.69) is 49.4 Å². The minimum absolute atomic E-state index is 0.454. The molecule has 1 aliphatic carbocycles. The molecule has 0 aliphatic heterocycles. The van der Waals surface area contributed by atoms with Crippen LogP contribution < -0.4 is 4.74 Å². The van der Waals surface area contributed by atoms with E-state index in [9.17, 15) is 0 Å². The highest BCUT2D eigenvalue weighted by Crippen LogP contribution is 2.38. The minimum Gasteiger partial charge on any atom is -0.489 e. The van der Waals surface area contributed by atoms with Gasteiger partial charge in [-0.2, -0.15) is 0 Å². The van der Waals surface area contributed by atoms with Crippen molar-refractivity contribution < 1.29 is 4.74 Å². The summed E-state index contributed by atoms with van der Waals surface area (Å²) < 4.78 is 6.04. The molecule has 0 aromatic heterocycles. The first-order chi connectivity index (χ1) is 7.88. The van der Waals surface area contributed by atoms with Gasteiger partial charge in [0.25, 0.3) is 0 Å². The Balaban J connectivity index is 1.92. The van der Waals surface area contributed by atoms with Crippen LogP contribution in [0.1, 0.15) is 19.8 Å². The Labute approximate surface area is 96.0 Å². The van der Waals surface area contributed by atoms with Gasteiger partial charge in [-0.25, -0.2) is 0 Å². The number of hydrogen-bond acceptors (Lipinski definition) is 1. The summed E-state index contributed by atoms with van der Waals surface area (Å²) in [5.41, 5.74) is 0. The summed E-state index contributed by atoms with van der Waals surface area (Å²) in [5.74, 6) is 1.82. The van der Waals surface area contributed by atoms with Gasteiger partial charge >= 0.3 is 0 Å². The summed E-state index contributed by atoms with van der Waals surface area (Å²) in [6.45, 7) is 2.23. The first-order valence-electron chi connectivity index (χ1n) is 6.03. The van der Waals surface area contributed by atoms with E-state index in [1.165, 1.54) is 23.6 Å². The summed E-state index contributed by atoms with van der Waals surface area (Å²) in [6.07, 6.45) is 2.91. The second kappa shape index (κ2) is 3.82. The molecule has 0 unspecified atom stereocenters. The zero-order chi connectivity index (χ0) is 11.0. The third-order valence-corrected chi connectivity index (χ3v) is 3.41. The normalized spacial score (nSPS) is 23.3. The molecule has 82 valence electrons. The van der Waals surface area contributed by atoms with Crippen LogP contribution in [-0.2, 0) is 0 Å². The third-order valence-electron chi connectivity index (χ3n) is 3.41. The molecule has 1 fully saturated rings. The van der Waals surface area contributed by atoms with Crippen molar-refractivity contribution in [3.8, 4) is 5.75 Å². The minimum atomic E-state index is 0.454. The summed E-state index contributed by atoms with van der Waals surface area (Å²) in [7, 11) is 0. The molecule has 3 rings (SSSR count). The first kappa shape index (κ1) is 9.71. The van der Waals surface area contributed by atoms with Crippen LogP contribution in [0, 0.1) is 5.92 Å². The summed E-state index contributed by atoms with van der Waals surface area (Å²) in [6, 6.07) is 14.7. The SMILES string of the molecule is CC[C@@H]1C[C@@H]1Oc1cccc2ccccc12. The maximum Gasteiger partial charge on any atom is 0.127 e. The lowest BCUT2D eigenvalue weighted by atomic mass is 10.1. The van der Waals surface area contributed by atoms with Gasteiger partial charge in [0.1, 0.15) is 11.9 Å². The average molecular weight is 212 g/mol. The van der Waals surface area contributed by atoms with E-state index in [4.69, 9.17) is 4.74 Å². The van der Waals surface area contributed by atoms with Crippen LogP contribution in [-0.4, -0.2) is 6.10 Å². The Hall–Kier alpha value is -1.50. The van der Waals surface area contributed by atoms with Gasteiger partial charge in [-0.15, -0.1) is 0 Å². The molecule has 0 amide bonds. The topological polar surface area (TPSA) is 9.23 Å². The fraction of sp³-hybridized carbons (Fsp3) is 0.333. The molecule has 1 heteroatoms. The highest BCUT2D eigenvalue weighted by molar-refractivity contribution is 5.88. The number of ether oxygens (including phenoxy) is 1. The summed E-state index contributed by atoms with van der Waals surface area (Å²) >= 11 is 0. The largest absolute Gasteiger partial charge is 0.489 e. The summed E-state index contributed by atoms with van der Waals surface area (Å²) in [5, 5.41) is 2.49. The maximum absolute atomic E-state index is 6.04. The molecule has 0 bridgehead atoms. The maximum atomic E-state index is 6.04. The van der Waals surface area contributed by atoms with Crippen molar-refractivity contribution in [2.45, 2.75) is 25.9 Å². The number of rotatable bonds is 3. The van der Waals surface area contributed by atoms with Gasteiger partial charge in [0.2, 0.25) is 0 Å². The van der Waals surface area contributed by atoms with Crippen LogP contribution in [0.3, 0.4) is 0 Å². The van der Waals surface area contributed by atoms with Crippen molar-refractivity contribution in [1.82, 2.24) is 0 Å². The van der Waals surface area contributed by atoms with Crippen LogP contribution in [0.25, 0.3) is 10.8 Å². The van der Waals surface area contributed by atoms with Gasteiger partial charge in [0.15, 0.2) is 0 Å². The Morgan fingerprint density at radius 2 is 1.94 bits per heavy atom. The van der Waals surface area contributed by atoms with Crippen molar-refractivity contribution >= 4 is 10.8 Å². The van der Waals surface area contributed by atoms with E-state index in [1.54, 1.807) is 0 Å². The van der Waals surface area contributed by atoms with Gasteiger partial charge in [0.05, 0.1) is 0 Å². The standard InChI is InChI=1S/C15H16O/c1-2-11-10-15(11)16-14-9-5-7-12-6-3-4-8-13(12)14/h3-9,11,15H,2,10H2,1H3/t11-,15+/m1/s1. The quantitative estimate of drug-likeness (QED) is 0.746. The number of hydrogen-bond donors (Lipinski definition) is 0. The fourth-order valence-corrected chi connectivity index (χ4v) is 2.26. The highest BCUT2D eigenvalue weighted by atomic mass is 16.5. The molecule has 0 spiro atoms. The van der Waals surface area contributed by atoms with E-state index in [0.717, 1.165) is 11.7 Å². The molecular weight excluding hydrogens is 196 g/mol. The predicted molar refractivity (Wildman–Crippen MR) is 66.8 cm³/mol. The zero-order valence-electron chi connectivity index (χ0n) is 9.52. The van der Waals surface area contributed by atoms with Gasteiger partial charge in [-0.3, -0.25) is 0 Å². The molecule has 2 atom stereocenters. The van der Waals surface area contributed by atoms with Crippen molar-refractivity contribution in [3.05, 3.63) is 42.5 Å². The second-order valence-electron chi connectivity index (χ2n) is 4.54. The molecule has 1 saturated carbocycles. The lowest BCUT2D eigenvalue weighted by Gasteiger charge is -2.08. The molecule has 2 aromatic carbocycles. The van der Waals surface area contributed by atoms with Gasteiger partial charge < -0.3 is 4.74 Å². The first-order valence-corrected chi connectivity index (χ1v) is 6.03. The fourth-order valence-electron chi connectivity index (χ4n) is 2.26. The summed E-state index contributed by atoms with van der Waals surface area (Å²) in [4.78, 5) is 0. The van der Waals surface area contributed by atoms with Crippen molar-refractivity contribution in [2.75, 3.05) is 0 Å².